The number of carbonyl (C=O) groups is 1. The molecule has 174 valence electrons. The lowest BCUT2D eigenvalue weighted by Gasteiger charge is -2.31. The van der Waals surface area contributed by atoms with E-state index in [4.69, 9.17) is 14.1 Å². The third kappa shape index (κ3) is 4.01. The fraction of sp³-hybridized carbons (Fsp3) is 0.207. The highest BCUT2D eigenvalue weighted by molar-refractivity contribution is 6.07. The van der Waals surface area contributed by atoms with E-state index in [0.717, 1.165) is 57.7 Å². The maximum absolute atomic E-state index is 13.7. The number of nitrogens with zero attached hydrogens (tertiary/aromatic N) is 3. The molecule has 3 heterocycles. The smallest absolute Gasteiger partial charge is 0.254 e. The maximum Gasteiger partial charge on any atom is 0.254 e. The largest absolute Gasteiger partial charge is 0.497 e. The van der Waals surface area contributed by atoms with Crippen LogP contribution in [-0.2, 0) is 0 Å². The Morgan fingerprint density at radius 2 is 1.63 bits per heavy atom. The molecule has 0 saturated carbocycles. The second kappa shape index (κ2) is 8.87. The molecular formula is C29H25N3O3. The molecule has 1 aliphatic rings. The van der Waals surface area contributed by atoms with E-state index in [1.54, 1.807) is 7.11 Å². The number of benzene rings is 3. The lowest BCUT2D eigenvalue weighted by molar-refractivity contribution is 0.0708. The number of ether oxygens (including phenoxy) is 1. The van der Waals surface area contributed by atoms with Gasteiger partial charge in [0.25, 0.3) is 5.91 Å². The van der Waals surface area contributed by atoms with Crippen LogP contribution in [0, 0.1) is 0 Å². The highest BCUT2D eigenvalue weighted by Gasteiger charge is 2.28. The van der Waals surface area contributed by atoms with Gasteiger partial charge in [0.05, 0.1) is 23.9 Å². The fourth-order valence-electron chi connectivity index (χ4n) is 4.83. The molecule has 0 aliphatic carbocycles. The third-order valence-corrected chi connectivity index (χ3v) is 6.77. The number of carbonyl (C=O) groups excluding carboxylic acids is 1. The van der Waals surface area contributed by atoms with Gasteiger partial charge in [0.1, 0.15) is 11.3 Å². The van der Waals surface area contributed by atoms with Gasteiger partial charge in [-0.1, -0.05) is 30.3 Å². The van der Waals surface area contributed by atoms with E-state index >= 15 is 0 Å². The van der Waals surface area contributed by atoms with Crippen molar-refractivity contribution in [1.29, 1.82) is 0 Å². The average Bonchev–Trinajstić information content (AvgIpc) is 3.37. The summed E-state index contributed by atoms with van der Waals surface area (Å²) in [5.41, 5.74) is 4.91. The van der Waals surface area contributed by atoms with Crippen LogP contribution in [0.15, 0.2) is 83.3 Å². The number of fused-ring (bicyclic) bond motifs is 2. The van der Waals surface area contributed by atoms with Gasteiger partial charge >= 0.3 is 0 Å². The van der Waals surface area contributed by atoms with Gasteiger partial charge in [0, 0.05) is 30.0 Å². The Bertz CT molecular complexity index is 1480. The first-order chi connectivity index (χ1) is 17.2. The van der Waals surface area contributed by atoms with Crippen LogP contribution in [0.2, 0.25) is 0 Å². The number of methoxy groups -OCH3 is 1. The molecule has 0 radical (unpaired) electrons. The van der Waals surface area contributed by atoms with Crippen molar-refractivity contribution in [2.24, 2.45) is 0 Å². The molecule has 0 unspecified atom stereocenters. The predicted octanol–water partition coefficient (Wildman–Crippen LogP) is 6.07. The zero-order valence-corrected chi connectivity index (χ0v) is 19.5. The van der Waals surface area contributed by atoms with Crippen LogP contribution in [0.3, 0.4) is 0 Å². The van der Waals surface area contributed by atoms with Gasteiger partial charge in [-0.25, -0.2) is 9.97 Å². The van der Waals surface area contributed by atoms with E-state index in [1.807, 2.05) is 83.8 Å². The summed E-state index contributed by atoms with van der Waals surface area (Å²) in [5.74, 6) is 1.81. The SMILES string of the molecule is COc1ccc(-c2cc(C(=O)N3CCC(c4nc5ccccc5o4)CC3)c3ccccc3n2)cc1. The van der Waals surface area contributed by atoms with Crippen molar-refractivity contribution in [2.45, 2.75) is 18.8 Å². The topological polar surface area (TPSA) is 68.5 Å². The second-order valence-corrected chi connectivity index (χ2v) is 8.89. The molecule has 6 heteroatoms. The summed E-state index contributed by atoms with van der Waals surface area (Å²) in [5, 5.41) is 0.871. The maximum atomic E-state index is 13.7. The molecule has 0 N–H and O–H groups in total. The number of pyridine rings is 1. The van der Waals surface area contributed by atoms with Gasteiger partial charge in [-0.3, -0.25) is 4.79 Å². The van der Waals surface area contributed by atoms with E-state index in [1.165, 1.54) is 0 Å². The average molecular weight is 464 g/mol. The Balaban J connectivity index is 1.27. The standard InChI is InChI=1S/C29H25N3O3/c1-34-21-12-10-19(11-13-21)26-18-23(22-6-2-3-7-24(22)30-26)29(33)32-16-14-20(15-17-32)28-31-25-8-4-5-9-27(25)35-28/h2-13,18,20H,14-17H2,1H3. The highest BCUT2D eigenvalue weighted by Crippen LogP contribution is 2.32. The zero-order chi connectivity index (χ0) is 23.8. The van der Waals surface area contributed by atoms with Gasteiger partial charge in [0.15, 0.2) is 11.5 Å². The number of para-hydroxylation sites is 3. The number of likely N-dealkylation sites (tertiary alicyclic amines) is 1. The van der Waals surface area contributed by atoms with Crippen LogP contribution < -0.4 is 4.74 Å². The molecule has 1 fully saturated rings. The van der Waals surface area contributed by atoms with Crippen molar-refractivity contribution in [2.75, 3.05) is 20.2 Å². The van der Waals surface area contributed by atoms with Crippen LogP contribution in [0.5, 0.6) is 5.75 Å². The van der Waals surface area contributed by atoms with E-state index in [2.05, 4.69) is 4.98 Å². The molecule has 35 heavy (non-hydrogen) atoms. The molecule has 2 aromatic heterocycles. The van der Waals surface area contributed by atoms with Crippen molar-refractivity contribution in [3.05, 3.63) is 90.3 Å². The summed E-state index contributed by atoms with van der Waals surface area (Å²) < 4.78 is 11.3. The summed E-state index contributed by atoms with van der Waals surface area (Å²) in [6, 6.07) is 25.3. The van der Waals surface area contributed by atoms with Crippen molar-refractivity contribution in [3.63, 3.8) is 0 Å². The summed E-state index contributed by atoms with van der Waals surface area (Å²) in [6.45, 7) is 1.33. The quantitative estimate of drug-likeness (QED) is 0.323. The minimum Gasteiger partial charge on any atom is -0.497 e. The minimum absolute atomic E-state index is 0.0365. The zero-order valence-electron chi connectivity index (χ0n) is 19.5. The van der Waals surface area contributed by atoms with E-state index in [9.17, 15) is 4.79 Å². The van der Waals surface area contributed by atoms with Crippen LogP contribution in [0.4, 0.5) is 0 Å². The van der Waals surface area contributed by atoms with Crippen molar-refractivity contribution < 1.29 is 13.9 Å². The van der Waals surface area contributed by atoms with Gasteiger partial charge in [-0.05, 0) is 61.4 Å². The Morgan fingerprint density at radius 1 is 0.914 bits per heavy atom. The summed E-state index contributed by atoms with van der Waals surface area (Å²) in [6.07, 6.45) is 1.65. The van der Waals surface area contributed by atoms with Crippen LogP contribution in [0.25, 0.3) is 33.3 Å². The number of amides is 1. The molecule has 5 aromatic rings. The Morgan fingerprint density at radius 3 is 2.37 bits per heavy atom. The highest BCUT2D eigenvalue weighted by atomic mass is 16.5. The Hall–Kier alpha value is -4.19. The van der Waals surface area contributed by atoms with E-state index in [-0.39, 0.29) is 11.8 Å². The number of hydrogen-bond donors (Lipinski definition) is 0. The van der Waals surface area contributed by atoms with Crippen LogP contribution >= 0.6 is 0 Å². The number of oxazole rings is 1. The van der Waals surface area contributed by atoms with Gasteiger partial charge < -0.3 is 14.1 Å². The molecule has 3 aromatic carbocycles. The first-order valence-electron chi connectivity index (χ1n) is 11.9. The normalized spacial score (nSPS) is 14.5. The third-order valence-electron chi connectivity index (χ3n) is 6.77. The number of piperidine rings is 1. The molecule has 6 rings (SSSR count). The number of rotatable bonds is 4. The van der Waals surface area contributed by atoms with Crippen molar-refractivity contribution in [3.8, 4) is 17.0 Å². The number of hydrogen-bond acceptors (Lipinski definition) is 5. The molecule has 1 saturated heterocycles. The molecular weight excluding hydrogens is 438 g/mol. The summed E-state index contributed by atoms with van der Waals surface area (Å²) >= 11 is 0. The Labute approximate surface area is 203 Å². The van der Waals surface area contributed by atoms with Crippen molar-refractivity contribution >= 4 is 27.9 Å². The predicted molar refractivity (Wildman–Crippen MR) is 136 cm³/mol. The van der Waals surface area contributed by atoms with E-state index in [0.29, 0.717) is 18.7 Å². The van der Waals surface area contributed by atoms with Crippen molar-refractivity contribution in [1.82, 2.24) is 14.9 Å². The van der Waals surface area contributed by atoms with E-state index < -0.39 is 0 Å². The Kier molecular flexibility index (Phi) is 5.41. The summed E-state index contributed by atoms with van der Waals surface area (Å²) in [4.78, 5) is 25.2. The molecule has 0 atom stereocenters. The fourth-order valence-corrected chi connectivity index (χ4v) is 4.83. The summed E-state index contributed by atoms with van der Waals surface area (Å²) in [7, 11) is 1.65. The van der Waals surface area contributed by atoms with Crippen LogP contribution in [0.1, 0.15) is 35.0 Å². The monoisotopic (exact) mass is 463 g/mol. The second-order valence-electron chi connectivity index (χ2n) is 8.89. The molecule has 0 spiro atoms. The van der Waals surface area contributed by atoms with Gasteiger partial charge in [-0.15, -0.1) is 0 Å². The lowest BCUT2D eigenvalue weighted by Crippen LogP contribution is -2.38. The molecule has 1 amide bonds. The first-order valence-corrected chi connectivity index (χ1v) is 11.9. The lowest BCUT2D eigenvalue weighted by atomic mass is 9.95. The minimum atomic E-state index is 0.0365. The molecule has 6 nitrogen and oxygen atoms in total. The van der Waals surface area contributed by atoms with Gasteiger partial charge in [0.2, 0.25) is 0 Å². The molecule has 1 aliphatic heterocycles. The van der Waals surface area contributed by atoms with Gasteiger partial charge in [-0.2, -0.15) is 0 Å². The van der Waals surface area contributed by atoms with Crippen LogP contribution in [-0.4, -0.2) is 41.0 Å². The number of aromatic nitrogens is 2. The molecule has 0 bridgehead atoms. The first kappa shape index (κ1) is 21.4.